The number of ether oxygens (including phenoxy) is 1. The molecule has 1 fully saturated rings. The van der Waals surface area contributed by atoms with E-state index in [4.69, 9.17) is 4.74 Å². The molecule has 4 heteroatoms. The molecule has 0 amide bonds. The van der Waals surface area contributed by atoms with Crippen molar-refractivity contribution < 1.29 is 19.4 Å². The number of ketones is 1. The second-order valence-electron chi connectivity index (χ2n) is 7.48. The van der Waals surface area contributed by atoms with Crippen LogP contribution in [0.4, 0.5) is 0 Å². The number of allylic oxidation sites excluding steroid dienone is 3. The number of hydrogen-bond donors (Lipinski definition) is 1. The van der Waals surface area contributed by atoms with Crippen molar-refractivity contribution >= 4 is 11.8 Å². The molecule has 0 aromatic heterocycles. The Morgan fingerprint density at radius 3 is 2.62 bits per heavy atom. The average molecular weight is 332 g/mol. The number of hydrogen-bond acceptors (Lipinski definition) is 4. The normalized spacial score (nSPS) is 36.7. The zero-order valence-electron chi connectivity index (χ0n) is 15.3. The molecule has 1 saturated carbocycles. The third kappa shape index (κ3) is 3.12. The van der Waals surface area contributed by atoms with Crippen molar-refractivity contribution in [1.82, 2.24) is 0 Å². The van der Waals surface area contributed by atoms with Crippen LogP contribution in [0.2, 0.25) is 0 Å². The molecule has 2 aliphatic carbocycles. The first kappa shape index (κ1) is 18.7. The molecule has 5 atom stereocenters. The zero-order valence-corrected chi connectivity index (χ0v) is 15.3. The van der Waals surface area contributed by atoms with Crippen molar-refractivity contribution in [2.45, 2.75) is 59.7 Å². The minimum Gasteiger partial charge on any atom is -0.459 e. The summed E-state index contributed by atoms with van der Waals surface area (Å²) in [6.45, 7) is 13.4. The van der Waals surface area contributed by atoms with Crippen LogP contribution in [0.15, 0.2) is 35.5 Å². The SMILES string of the molecule is C=C(C)[C@@H]1C[C@@]2(C)C(=CC1=O)[C@@H](O)C[C@@H](OC(=O)/C(C)=C\C)[C@@H]2C. The van der Waals surface area contributed by atoms with Gasteiger partial charge in [-0.05, 0) is 44.3 Å². The number of carbonyl (C=O) groups is 2. The number of rotatable bonds is 3. The average Bonchev–Trinajstić information content (AvgIpc) is 2.52. The molecule has 0 aromatic rings. The molecule has 132 valence electrons. The fourth-order valence-corrected chi connectivity index (χ4v) is 3.86. The lowest BCUT2D eigenvalue weighted by Gasteiger charge is -2.51. The van der Waals surface area contributed by atoms with E-state index in [9.17, 15) is 14.7 Å². The van der Waals surface area contributed by atoms with Gasteiger partial charge in [-0.25, -0.2) is 4.79 Å². The summed E-state index contributed by atoms with van der Waals surface area (Å²) in [6, 6.07) is 0. The highest BCUT2D eigenvalue weighted by atomic mass is 16.5. The summed E-state index contributed by atoms with van der Waals surface area (Å²) < 4.78 is 5.66. The summed E-state index contributed by atoms with van der Waals surface area (Å²) in [5.74, 6) is -0.557. The molecule has 0 bridgehead atoms. The van der Waals surface area contributed by atoms with Crippen LogP contribution in [0, 0.1) is 17.3 Å². The number of esters is 1. The fourth-order valence-electron chi connectivity index (χ4n) is 3.86. The van der Waals surface area contributed by atoms with Crippen molar-refractivity contribution in [3.8, 4) is 0 Å². The highest BCUT2D eigenvalue weighted by Crippen LogP contribution is 2.53. The lowest BCUT2D eigenvalue weighted by atomic mass is 9.56. The summed E-state index contributed by atoms with van der Waals surface area (Å²) in [4.78, 5) is 24.5. The summed E-state index contributed by atoms with van der Waals surface area (Å²) in [5, 5.41) is 10.6. The van der Waals surface area contributed by atoms with Gasteiger partial charge in [-0.3, -0.25) is 4.79 Å². The molecular weight excluding hydrogens is 304 g/mol. The van der Waals surface area contributed by atoms with E-state index in [-0.39, 0.29) is 35.1 Å². The van der Waals surface area contributed by atoms with Crippen molar-refractivity contribution in [3.05, 3.63) is 35.5 Å². The molecule has 24 heavy (non-hydrogen) atoms. The van der Waals surface area contributed by atoms with Crippen LogP contribution in [0.3, 0.4) is 0 Å². The molecule has 4 nitrogen and oxygen atoms in total. The predicted octanol–water partition coefficient (Wildman–Crippen LogP) is 3.36. The standard InChI is InChI=1S/C20H28O4/c1-7-12(4)19(23)24-18-9-17(22)15-8-16(21)14(11(2)3)10-20(15,6)13(18)5/h7-8,13-14,17-18,22H,2,9-10H2,1,3-6H3/b12-7-/t13-,14-,17-,18+,20+/m0/s1. The van der Waals surface area contributed by atoms with Crippen molar-refractivity contribution in [3.63, 3.8) is 0 Å². The monoisotopic (exact) mass is 332 g/mol. The van der Waals surface area contributed by atoms with Gasteiger partial charge in [0.15, 0.2) is 5.78 Å². The first-order valence-electron chi connectivity index (χ1n) is 8.55. The summed E-state index contributed by atoms with van der Waals surface area (Å²) in [6.07, 6.45) is 3.11. The molecule has 0 unspecified atom stereocenters. The van der Waals surface area contributed by atoms with Gasteiger partial charge in [-0.2, -0.15) is 0 Å². The Kier molecular flexibility index (Phi) is 5.19. The van der Waals surface area contributed by atoms with Crippen LogP contribution in [0.25, 0.3) is 0 Å². The molecule has 1 N–H and O–H groups in total. The van der Waals surface area contributed by atoms with E-state index in [1.165, 1.54) is 0 Å². The predicted molar refractivity (Wildman–Crippen MR) is 93.2 cm³/mol. The van der Waals surface area contributed by atoms with Gasteiger partial charge < -0.3 is 9.84 Å². The van der Waals surface area contributed by atoms with E-state index in [1.807, 2.05) is 13.8 Å². The van der Waals surface area contributed by atoms with Gasteiger partial charge in [-0.15, -0.1) is 0 Å². The quantitative estimate of drug-likeness (QED) is 0.489. The van der Waals surface area contributed by atoms with Crippen LogP contribution in [-0.4, -0.2) is 29.1 Å². The van der Waals surface area contributed by atoms with Gasteiger partial charge in [0.1, 0.15) is 6.10 Å². The molecule has 0 heterocycles. The molecule has 0 spiro atoms. The molecular formula is C20H28O4. The second-order valence-corrected chi connectivity index (χ2v) is 7.48. The third-order valence-electron chi connectivity index (χ3n) is 5.91. The van der Waals surface area contributed by atoms with Gasteiger partial charge in [0.05, 0.1) is 6.10 Å². The van der Waals surface area contributed by atoms with Crippen LogP contribution < -0.4 is 0 Å². The maximum Gasteiger partial charge on any atom is 0.333 e. The topological polar surface area (TPSA) is 63.6 Å². The molecule has 0 aliphatic heterocycles. The van der Waals surface area contributed by atoms with E-state index in [0.717, 1.165) is 11.1 Å². The van der Waals surface area contributed by atoms with Gasteiger partial charge in [0.2, 0.25) is 0 Å². The smallest absolute Gasteiger partial charge is 0.333 e. The first-order valence-corrected chi connectivity index (χ1v) is 8.55. The van der Waals surface area contributed by atoms with Crippen LogP contribution in [0.1, 0.15) is 47.5 Å². The van der Waals surface area contributed by atoms with E-state index in [2.05, 4.69) is 13.5 Å². The van der Waals surface area contributed by atoms with Crippen LogP contribution >= 0.6 is 0 Å². The summed E-state index contributed by atoms with van der Waals surface area (Å²) in [7, 11) is 0. The molecule has 2 aliphatic rings. The lowest BCUT2D eigenvalue weighted by Crippen LogP contribution is -2.51. The number of aliphatic hydroxyl groups is 1. The van der Waals surface area contributed by atoms with Crippen LogP contribution in [0.5, 0.6) is 0 Å². The first-order chi connectivity index (χ1) is 11.1. The summed E-state index contributed by atoms with van der Waals surface area (Å²) in [5.41, 5.74) is 1.78. The largest absolute Gasteiger partial charge is 0.459 e. The minimum atomic E-state index is -0.759. The maximum absolute atomic E-state index is 12.3. The molecule has 0 saturated heterocycles. The molecule has 0 radical (unpaired) electrons. The van der Waals surface area contributed by atoms with E-state index < -0.39 is 6.10 Å². The highest BCUT2D eigenvalue weighted by Gasteiger charge is 2.52. The van der Waals surface area contributed by atoms with Crippen molar-refractivity contribution in [2.24, 2.45) is 17.3 Å². The molecule has 0 aromatic carbocycles. The maximum atomic E-state index is 12.3. The Morgan fingerprint density at radius 1 is 1.46 bits per heavy atom. The highest BCUT2D eigenvalue weighted by molar-refractivity contribution is 5.95. The fraction of sp³-hybridized carbons (Fsp3) is 0.600. The Bertz CT molecular complexity index is 628. The number of fused-ring (bicyclic) bond motifs is 1. The molecule has 2 rings (SSSR count). The Balaban J connectivity index is 2.33. The van der Waals surface area contributed by atoms with Gasteiger partial charge >= 0.3 is 5.97 Å². The van der Waals surface area contributed by atoms with Crippen molar-refractivity contribution in [2.75, 3.05) is 0 Å². The van der Waals surface area contributed by atoms with E-state index in [0.29, 0.717) is 18.4 Å². The zero-order chi connectivity index (χ0) is 18.2. The van der Waals surface area contributed by atoms with Gasteiger partial charge in [0.25, 0.3) is 0 Å². The Hall–Kier alpha value is -1.68. The minimum absolute atomic E-state index is 0.00991. The summed E-state index contributed by atoms with van der Waals surface area (Å²) >= 11 is 0. The van der Waals surface area contributed by atoms with Crippen molar-refractivity contribution in [1.29, 1.82) is 0 Å². The Morgan fingerprint density at radius 2 is 2.08 bits per heavy atom. The number of carbonyl (C=O) groups excluding carboxylic acids is 2. The second kappa shape index (κ2) is 6.67. The van der Waals surface area contributed by atoms with Gasteiger partial charge in [-0.1, -0.05) is 32.1 Å². The number of aliphatic hydroxyl groups excluding tert-OH is 1. The Labute approximate surface area is 144 Å². The van der Waals surface area contributed by atoms with E-state index >= 15 is 0 Å². The van der Waals surface area contributed by atoms with Crippen LogP contribution in [-0.2, 0) is 14.3 Å². The van der Waals surface area contributed by atoms with Gasteiger partial charge in [0, 0.05) is 23.8 Å². The lowest BCUT2D eigenvalue weighted by molar-refractivity contribution is -0.154. The van der Waals surface area contributed by atoms with E-state index in [1.54, 1.807) is 26.0 Å². The third-order valence-corrected chi connectivity index (χ3v) is 5.91.